The summed E-state index contributed by atoms with van der Waals surface area (Å²) in [5.41, 5.74) is 2.54. The van der Waals surface area contributed by atoms with Gasteiger partial charge in [-0.1, -0.05) is 30.3 Å². The summed E-state index contributed by atoms with van der Waals surface area (Å²) in [5, 5.41) is 11.3. The molecule has 0 saturated carbocycles. The topological polar surface area (TPSA) is 33.1 Å². The number of hydrogen-bond donors (Lipinski definition) is 1. The van der Waals surface area contributed by atoms with Crippen molar-refractivity contribution in [2.75, 3.05) is 0 Å². The molecule has 0 aliphatic rings. The molecule has 20 heavy (non-hydrogen) atoms. The van der Waals surface area contributed by atoms with Crippen molar-refractivity contribution in [2.45, 2.75) is 13.0 Å². The lowest BCUT2D eigenvalue weighted by atomic mass is 9.99. The molecule has 0 radical (unpaired) electrons. The van der Waals surface area contributed by atoms with E-state index in [0.29, 0.717) is 5.56 Å². The lowest BCUT2D eigenvalue weighted by Crippen LogP contribution is -2.03. The van der Waals surface area contributed by atoms with Crippen LogP contribution in [-0.4, -0.2) is 10.1 Å². The van der Waals surface area contributed by atoms with Gasteiger partial charge in [-0.25, -0.2) is 4.39 Å². The number of nitrogens with zero attached hydrogens (tertiary/aromatic N) is 1. The first kappa shape index (κ1) is 12.8. The SMILES string of the molecule is Cc1ccc(C(O)c2ccc3cccnc3c2)c(F)c1. The van der Waals surface area contributed by atoms with E-state index in [-0.39, 0.29) is 5.56 Å². The Bertz CT molecular complexity index is 770. The van der Waals surface area contributed by atoms with E-state index >= 15 is 0 Å². The molecule has 0 saturated heterocycles. The second kappa shape index (κ2) is 5.02. The second-order valence-electron chi connectivity index (χ2n) is 4.88. The summed E-state index contributed by atoms with van der Waals surface area (Å²) in [4.78, 5) is 4.25. The highest BCUT2D eigenvalue weighted by atomic mass is 19.1. The number of aromatic nitrogens is 1. The maximum Gasteiger partial charge on any atom is 0.129 e. The molecule has 0 spiro atoms. The number of fused-ring (bicyclic) bond motifs is 1. The van der Waals surface area contributed by atoms with E-state index in [1.165, 1.54) is 6.07 Å². The van der Waals surface area contributed by atoms with E-state index in [4.69, 9.17) is 0 Å². The lowest BCUT2D eigenvalue weighted by molar-refractivity contribution is 0.215. The van der Waals surface area contributed by atoms with Crippen LogP contribution < -0.4 is 0 Å². The summed E-state index contributed by atoms with van der Waals surface area (Å²) < 4.78 is 13.9. The van der Waals surface area contributed by atoms with Gasteiger partial charge in [-0.15, -0.1) is 0 Å². The molecule has 1 N–H and O–H groups in total. The summed E-state index contributed by atoms with van der Waals surface area (Å²) in [6.07, 6.45) is 0.715. The van der Waals surface area contributed by atoms with Crippen molar-refractivity contribution in [3.05, 3.63) is 77.2 Å². The van der Waals surface area contributed by atoms with Gasteiger partial charge in [0.1, 0.15) is 11.9 Å². The zero-order valence-electron chi connectivity index (χ0n) is 11.0. The van der Waals surface area contributed by atoms with Crippen LogP contribution in [0.2, 0.25) is 0 Å². The lowest BCUT2D eigenvalue weighted by Gasteiger charge is -2.13. The molecule has 2 aromatic carbocycles. The molecule has 1 atom stereocenters. The van der Waals surface area contributed by atoms with Crippen molar-refractivity contribution in [1.29, 1.82) is 0 Å². The Balaban J connectivity index is 2.05. The van der Waals surface area contributed by atoms with Crippen LogP contribution in [0.15, 0.2) is 54.7 Å². The van der Waals surface area contributed by atoms with E-state index < -0.39 is 11.9 Å². The first-order chi connectivity index (χ1) is 9.65. The highest BCUT2D eigenvalue weighted by Crippen LogP contribution is 2.26. The van der Waals surface area contributed by atoms with Gasteiger partial charge in [0, 0.05) is 17.1 Å². The minimum atomic E-state index is -0.984. The Labute approximate surface area is 116 Å². The predicted molar refractivity (Wildman–Crippen MR) is 76.9 cm³/mol. The van der Waals surface area contributed by atoms with Crippen LogP contribution in [-0.2, 0) is 0 Å². The van der Waals surface area contributed by atoms with Crippen LogP contribution in [0.1, 0.15) is 22.8 Å². The zero-order valence-corrected chi connectivity index (χ0v) is 11.0. The summed E-state index contributed by atoms with van der Waals surface area (Å²) in [5.74, 6) is -0.390. The van der Waals surface area contributed by atoms with Crippen LogP contribution in [0.3, 0.4) is 0 Å². The number of rotatable bonds is 2. The molecule has 0 amide bonds. The number of aryl methyl sites for hydroxylation is 1. The quantitative estimate of drug-likeness (QED) is 0.766. The Kier molecular flexibility index (Phi) is 3.20. The molecule has 0 aliphatic carbocycles. The van der Waals surface area contributed by atoms with Gasteiger partial charge in [0.25, 0.3) is 0 Å². The first-order valence-corrected chi connectivity index (χ1v) is 6.44. The summed E-state index contributed by atoms with van der Waals surface area (Å²) in [6.45, 7) is 1.82. The van der Waals surface area contributed by atoms with Gasteiger partial charge in [0.15, 0.2) is 0 Å². The fourth-order valence-corrected chi connectivity index (χ4v) is 2.29. The van der Waals surface area contributed by atoms with Gasteiger partial charge in [-0.3, -0.25) is 4.98 Å². The minimum Gasteiger partial charge on any atom is -0.384 e. The van der Waals surface area contributed by atoms with Gasteiger partial charge >= 0.3 is 0 Å². The summed E-state index contributed by atoms with van der Waals surface area (Å²) in [7, 11) is 0. The van der Waals surface area contributed by atoms with E-state index in [2.05, 4.69) is 4.98 Å². The standard InChI is InChI=1S/C17H14FNO/c1-11-4-7-14(15(18)9-11)17(20)13-6-5-12-3-2-8-19-16(12)10-13/h2-10,17,20H,1H3. The van der Waals surface area contributed by atoms with E-state index in [9.17, 15) is 9.50 Å². The van der Waals surface area contributed by atoms with Crippen molar-refractivity contribution < 1.29 is 9.50 Å². The van der Waals surface area contributed by atoms with E-state index in [0.717, 1.165) is 16.5 Å². The molecule has 1 heterocycles. The van der Waals surface area contributed by atoms with Crippen molar-refractivity contribution in [3.8, 4) is 0 Å². The molecule has 2 nitrogen and oxygen atoms in total. The number of aliphatic hydroxyl groups is 1. The molecular formula is C17H14FNO. The third-order valence-electron chi connectivity index (χ3n) is 3.40. The first-order valence-electron chi connectivity index (χ1n) is 6.44. The molecule has 100 valence electrons. The van der Waals surface area contributed by atoms with Gasteiger partial charge in [-0.2, -0.15) is 0 Å². The van der Waals surface area contributed by atoms with Crippen molar-refractivity contribution in [1.82, 2.24) is 4.98 Å². The van der Waals surface area contributed by atoms with E-state index in [1.54, 1.807) is 30.5 Å². The predicted octanol–water partition coefficient (Wildman–Crippen LogP) is 3.76. The van der Waals surface area contributed by atoms with Gasteiger partial charge in [0.05, 0.1) is 5.52 Å². The molecule has 1 aromatic heterocycles. The van der Waals surface area contributed by atoms with Gasteiger partial charge in [0.2, 0.25) is 0 Å². The molecule has 0 fully saturated rings. The Morgan fingerprint density at radius 2 is 1.95 bits per heavy atom. The average Bonchev–Trinajstić information content (AvgIpc) is 2.46. The van der Waals surface area contributed by atoms with Crippen LogP contribution in [0.4, 0.5) is 4.39 Å². The maximum absolute atomic E-state index is 13.9. The Morgan fingerprint density at radius 1 is 1.10 bits per heavy atom. The van der Waals surface area contributed by atoms with Crippen LogP contribution in [0.25, 0.3) is 10.9 Å². The number of benzene rings is 2. The number of halogens is 1. The van der Waals surface area contributed by atoms with Gasteiger partial charge < -0.3 is 5.11 Å². The van der Waals surface area contributed by atoms with Crippen LogP contribution >= 0.6 is 0 Å². The van der Waals surface area contributed by atoms with Crippen LogP contribution in [0.5, 0.6) is 0 Å². The molecular weight excluding hydrogens is 253 g/mol. The molecule has 1 unspecified atom stereocenters. The highest BCUT2D eigenvalue weighted by molar-refractivity contribution is 5.79. The zero-order chi connectivity index (χ0) is 14.1. The average molecular weight is 267 g/mol. The normalized spacial score (nSPS) is 12.6. The van der Waals surface area contributed by atoms with Crippen molar-refractivity contribution in [3.63, 3.8) is 0 Å². The summed E-state index contributed by atoms with van der Waals surface area (Å²) >= 11 is 0. The largest absolute Gasteiger partial charge is 0.384 e. The van der Waals surface area contributed by atoms with Crippen molar-refractivity contribution in [2.24, 2.45) is 0 Å². The number of hydrogen-bond acceptors (Lipinski definition) is 2. The maximum atomic E-state index is 13.9. The Hall–Kier alpha value is -2.26. The Morgan fingerprint density at radius 3 is 2.75 bits per heavy atom. The molecule has 0 bridgehead atoms. The van der Waals surface area contributed by atoms with Crippen LogP contribution in [0, 0.1) is 12.7 Å². The third kappa shape index (κ3) is 2.28. The molecule has 3 heteroatoms. The second-order valence-corrected chi connectivity index (χ2v) is 4.88. The summed E-state index contributed by atoms with van der Waals surface area (Å²) in [6, 6.07) is 14.1. The van der Waals surface area contributed by atoms with E-state index in [1.807, 2.05) is 25.1 Å². The fourth-order valence-electron chi connectivity index (χ4n) is 2.29. The number of aliphatic hydroxyl groups excluding tert-OH is 1. The highest BCUT2D eigenvalue weighted by Gasteiger charge is 2.15. The van der Waals surface area contributed by atoms with Gasteiger partial charge in [-0.05, 0) is 36.2 Å². The fraction of sp³-hybridized carbons (Fsp3) is 0.118. The number of pyridine rings is 1. The molecule has 3 rings (SSSR count). The van der Waals surface area contributed by atoms with Crippen molar-refractivity contribution >= 4 is 10.9 Å². The molecule has 0 aliphatic heterocycles. The smallest absolute Gasteiger partial charge is 0.129 e. The third-order valence-corrected chi connectivity index (χ3v) is 3.40. The minimum absolute atomic E-state index is 0.283. The molecule has 3 aromatic rings. The monoisotopic (exact) mass is 267 g/mol.